The monoisotopic (exact) mass is 168 g/mol. The fraction of sp³-hybridized carbons (Fsp3) is 0.714. The number of hydrogen-bond acceptors (Lipinski definition) is 1. The molecule has 0 aliphatic rings. The van der Waals surface area contributed by atoms with E-state index in [-0.39, 0.29) is 6.61 Å². The standard InChI is InChI=1S/C7H11F3O/c1-2-3-4-11-6-7(9,10)5-8/h2H,1,3-6H2. The van der Waals surface area contributed by atoms with Crippen LogP contribution in [0.1, 0.15) is 6.42 Å². The smallest absolute Gasteiger partial charge is 0.298 e. The van der Waals surface area contributed by atoms with Crippen LogP contribution in [0.15, 0.2) is 12.7 Å². The predicted molar refractivity (Wildman–Crippen MR) is 36.6 cm³/mol. The summed E-state index contributed by atoms with van der Waals surface area (Å²) < 4.78 is 40.0. The van der Waals surface area contributed by atoms with E-state index in [0.717, 1.165) is 0 Å². The zero-order chi connectivity index (χ0) is 8.74. The predicted octanol–water partition coefficient (Wildman–Crippen LogP) is 2.18. The molecule has 0 saturated heterocycles. The van der Waals surface area contributed by atoms with Crippen LogP contribution in [0.5, 0.6) is 0 Å². The highest BCUT2D eigenvalue weighted by Gasteiger charge is 2.28. The Morgan fingerprint density at radius 3 is 2.55 bits per heavy atom. The molecule has 11 heavy (non-hydrogen) atoms. The molecule has 1 nitrogen and oxygen atoms in total. The van der Waals surface area contributed by atoms with E-state index in [1.807, 2.05) is 0 Å². The number of halogens is 3. The lowest BCUT2D eigenvalue weighted by atomic mass is 10.4. The van der Waals surface area contributed by atoms with Crippen molar-refractivity contribution in [2.24, 2.45) is 0 Å². The molecule has 0 atom stereocenters. The van der Waals surface area contributed by atoms with Gasteiger partial charge in [-0.3, -0.25) is 0 Å². The lowest BCUT2D eigenvalue weighted by Gasteiger charge is -2.11. The zero-order valence-electron chi connectivity index (χ0n) is 6.16. The minimum atomic E-state index is -3.33. The van der Waals surface area contributed by atoms with Crippen LogP contribution in [0.2, 0.25) is 0 Å². The summed E-state index contributed by atoms with van der Waals surface area (Å²) in [5.41, 5.74) is 0. The second-order valence-electron chi connectivity index (χ2n) is 2.12. The Balaban J connectivity index is 3.29. The van der Waals surface area contributed by atoms with Gasteiger partial charge in [0.05, 0.1) is 6.61 Å². The van der Waals surface area contributed by atoms with E-state index < -0.39 is 19.2 Å². The van der Waals surface area contributed by atoms with Gasteiger partial charge in [-0.05, 0) is 6.42 Å². The first-order valence-corrected chi connectivity index (χ1v) is 3.25. The zero-order valence-corrected chi connectivity index (χ0v) is 6.16. The number of alkyl halides is 3. The van der Waals surface area contributed by atoms with Crippen LogP contribution in [0.25, 0.3) is 0 Å². The van der Waals surface area contributed by atoms with E-state index in [2.05, 4.69) is 11.3 Å². The molecule has 0 aromatic rings. The second-order valence-corrected chi connectivity index (χ2v) is 2.12. The first kappa shape index (κ1) is 10.5. The third-order valence-corrected chi connectivity index (χ3v) is 0.975. The minimum Gasteiger partial charge on any atom is -0.375 e. The molecule has 4 heteroatoms. The molecule has 0 N–H and O–H groups in total. The average Bonchev–Trinajstić information content (AvgIpc) is 1.99. The summed E-state index contributed by atoms with van der Waals surface area (Å²) in [4.78, 5) is 0. The molecule has 0 saturated carbocycles. The molecule has 0 heterocycles. The van der Waals surface area contributed by atoms with Crippen LogP contribution in [-0.4, -0.2) is 25.8 Å². The summed E-state index contributed by atoms with van der Waals surface area (Å²) in [6, 6.07) is 0. The Morgan fingerprint density at radius 1 is 1.45 bits per heavy atom. The van der Waals surface area contributed by atoms with Crippen molar-refractivity contribution < 1.29 is 17.9 Å². The van der Waals surface area contributed by atoms with Gasteiger partial charge >= 0.3 is 0 Å². The first-order valence-electron chi connectivity index (χ1n) is 3.25. The van der Waals surface area contributed by atoms with Gasteiger partial charge in [-0.25, -0.2) is 13.2 Å². The maximum atomic E-state index is 12.1. The molecular weight excluding hydrogens is 157 g/mol. The van der Waals surface area contributed by atoms with Crippen molar-refractivity contribution in [2.45, 2.75) is 12.3 Å². The molecule has 0 radical (unpaired) electrons. The van der Waals surface area contributed by atoms with Gasteiger partial charge < -0.3 is 4.74 Å². The Morgan fingerprint density at radius 2 is 2.09 bits per heavy atom. The van der Waals surface area contributed by atoms with Crippen molar-refractivity contribution >= 4 is 0 Å². The summed E-state index contributed by atoms with van der Waals surface area (Å²) >= 11 is 0. The number of ether oxygens (including phenoxy) is 1. The second kappa shape index (κ2) is 5.18. The average molecular weight is 168 g/mol. The van der Waals surface area contributed by atoms with Gasteiger partial charge in [0.2, 0.25) is 0 Å². The van der Waals surface area contributed by atoms with E-state index in [4.69, 9.17) is 0 Å². The molecule has 0 aromatic carbocycles. The van der Waals surface area contributed by atoms with Crippen LogP contribution in [-0.2, 0) is 4.74 Å². The molecule has 0 amide bonds. The van der Waals surface area contributed by atoms with Gasteiger partial charge in [-0.15, -0.1) is 6.58 Å². The fourth-order valence-corrected chi connectivity index (χ4v) is 0.427. The first-order chi connectivity index (χ1) is 5.12. The Bertz CT molecular complexity index is 114. The van der Waals surface area contributed by atoms with Gasteiger partial charge in [0.25, 0.3) is 5.92 Å². The van der Waals surface area contributed by atoms with Gasteiger partial charge in [0.1, 0.15) is 6.61 Å². The molecule has 0 rings (SSSR count). The van der Waals surface area contributed by atoms with Gasteiger partial charge in [-0.1, -0.05) is 6.08 Å². The highest BCUT2D eigenvalue weighted by Crippen LogP contribution is 2.13. The molecular formula is C7H11F3O. The Labute approximate surface area is 63.8 Å². The van der Waals surface area contributed by atoms with Crippen LogP contribution in [0.4, 0.5) is 13.2 Å². The quantitative estimate of drug-likeness (QED) is 0.436. The highest BCUT2D eigenvalue weighted by atomic mass is 19.3. The SMILES string of the molecule is C=CCCOCC(F)(F)CF. The lowest BCUT2D eigenvalue weighted by molar-refractivity contribution is -0.0892. The molecule has 0 bridgehead atoms. The van der Waals surface area contributed by atoms with Crippen molar-refractivity contribution in [1.82, 2.24) is 0 Å². The summed E-state index contributed by atoms with van der Waals surface area (Å²) in [5.74, 6) is -3.33. The Hall–Kier alpha value is -0.510. The molecule has 0 aliphatic heterocycles. The maximum absolute atomic E-state index is 12.1. The third-order valence-electron chi connectivity index (χ3n) is 0.975. The van der Waals surface area contributed by atoms with Crippen LogP contribution in [0.3, 0.4) is 0 Å². The molecule has 0 unspecified atom stereocenters. The Kier molecular flexibility index (Phi) is 4.94. The van der Waals surface area contributed by atoms with Gasteiger partial charge in [-0.2, -0.15) is 0 Å². The normalized spacial score (nSPS) is 11.5. The summed E-state index contributed by atoms with van der Waals surface area (Å²) in [7, 11) is 0. The van der Waals surface area contributed by atoms with E-state index in [9.17, 15) is 13.2 Å². The van der Waals surface area contributed by atoms with E-state index in [1.165, 1.54) is 0 Å². The van der Waals surface area contributed by atoms with Crippen LogP contribution >= 0.6 is 0 Å². The highest BCUT2D eigenvalue weighted by molar-refractivity contribution is 4.66. The third kappa shape index (κ3) is 5.91. The maximum Gasteiger partial charge on any atom is 0.298 e. The molecule has 0 spiro atoms. The van der Waals surface area contributed by atoms with Crippen molar-refractivity contribution in [3.05, 3.63) is 12.7 Å². The fourth-order valence-electron chi connectivity index (χ4n) is 0.427. The van der Waals surface area contributed by atoms with E-state index in [1.54, 1.807) is 6.08 Å². The van der Waals surface area contributed by atoms with Crippen molar-refractivity contribution in [2.75, 3.05) is 19.9 Å². The van der Waals surface area contributed by atoms with Crippen molar-refractivity contribution in [1.29, 1.82) is 0 Å². The number of rotatable bonds is 6. The van der Waals surface area contributed by atoms with Gasteiger partial charge in [0.15, 0.2) is 6.67 Å². The summed E-state index contributed by atoms with van der Waals surface area (Å²) in [6.07, 6.45) is 2.05. The number of hydrogen-bond donors (Lipinski definition) is 0. The largest absolute Gasteiger partial charge is 0.375 e. The lowest BCUT2D eigenvalue weighted by Crippen LogP contribution is -2.26. The molecule has 0 aromatic heterocycles. The molecule has 66 valence electrons. The minimum absolute atomic E-state index is 0.166. The van der Waals surface area contributed by atoms with E-state index >= 15 is 0 Å². The molecule has 0 fully saturated rings. The summed E-state index contributed by atoms with van der Waals surface area (Å²) in [5, 5.41) is 0. The van der Waals surface area contributed by atoms with Crippen LogP contribution in [0, 0.1) is 0 Å². The van der Waals surface area contributed by atoms with Crippen molar-refractivity contribution in [3.63, 3.8) is 0 Å². The van der Waals surface area contributed by atoms with Crippen molar-refractivity contribution in [3.8, 4) is 0 Å². The molecule has 0 aliphatic carbocycles. The topological polar surface area (TPSA) is 9.23 Å². The van der Waals surface area contributed by atoms with Gasteiger partial charge in [0, 0.05) is 0 Å². The van der Waals surface area contributed by atoms with E-state index in [0.29, 0.717) is 6.42 Å². The van der Waals surface area contributed by atoms with Crippen LogP contribution < -0.4 is 0 Å². The summed E-state index contributed by atoms with van der Waals surface area (Å²) in [6.45, 7) is 1.02.